The zero-order valence-electron chi connectivity index (χ0n) is 9.70. The minimum Gasteiger partial charge on any atom is -0.478 e. The second kappa shape index (κ2) is 5.18. The lowest BCUT2D eigenvalue weighted by Gasteiger charge is -2.09. The summed E-state index contributed by atoms with van der Waals surface area (Å²) in [6.45, 7) is 0. The van der Waals surface area contributed by atoms with Gasteiger partial charge in [0, 0.05) is 6.20 Å². The lowest BCUT2D eigenvalue weighted by atomic mass is 10.1. The molecule has 19 heavy (non-hydrogen) atoms. The zero-order chi connectivity index (χ0) is 13.8. The Morgan fingerprint density at radius 1 is 1.05 bits per heavy atom. The molecule has 0 saturated carbocycles. The number of benzene rings is 1. The Morgan fingerprint density at radius 2 is 1.84 bits per heavy atom. The molecule has 0 aliphatic heterocycles. The maximum absolute atomic E-state index is 11.1. The van der Waals surface area contributed by atoms with E-state index < -0.39 is 11.9 Å². The second-order valence-corrected chi connectivity index (χ2v) is 3.71. The number of carboxylic acid groups (broad SMARTS) is 2. The molecule has 0 fully saturated rings. The van der Waals surface area contributed by atoms with Crippen LogP contribution in [0.3, 0.4) is 0 Å². The molecule has 0 bridgehead atoms. The van der Waals surface area contributed by atoms with Crippen LogP contribution in [0.15, 0.2) is 42.6 Å². The van der Waals surface area contributed by atoms with Crippen molar-refractivity contribution in [3.8, 4) is 0 Å². The highest BCUT2D eigenvalue weighted by molar-refractivity contribution is 5.98. The van der Waals surface area contributed by atoms with Crippen molar-refractivity contribution < 1.29 is 19.8 Å². The van der Waals surface area contributed by atoms with Crippen LogP contribution in [0.5, 0.6) is 0 Å². The predicted octanol–water partition coefficient (Wildman–Crippen LogP) is 2.22. The highest BCUT2D eigenvalue weighted by Crippen LogP contribution is 2.21. The molecule has 0 unspecified atom stereocenters. The number of aromatic carboxylic acids is 2. The van der Waals surface area contributed by atoms with Gasteiger partial charge in [-0.15, -0.1) is 0 Å². The van der Waals surface area contributed by atoms with Gasteiger partial charge in [-0.1, -0.05) is 6.07 Å². The Morgan fingerprint density at radius 3 is 2.42 bits per heavy atom. The maximum atomic E-state index is 11.1. The summed E-state index contributed by atoms with van der Waals surface area (Å²) in [5.74, 6) is -1.83. The van der Waals surface area contributed by atoms with E-state index in [2.05, 4.69) is 10.3 Å². The Balaban J connectivity index is 2.43. The van der Waals surface area contributed by atoms with E-state index in [4.69, 9.17) is 10.2 Å². The molecule has 6 nitrogen and oxygen atoms in total. The normalized spacial score (nSPS) is 9.89. The number of rotatable bonds is 4. The average molecular weight is 258 g/mol. The van der Waals surface area contributed by atoms with E-state index in [-0.39, 0.29) is 16.8 Å². The summed E-state index contributed by atoms with van der Waals surface area (Å²) in [7, 11) is 0. The first-order valence-corrected chi connectivity index (χ1v) is 5.36. The van der Waals surface area contributed by atoms with Crippen molar-refractivity contribution in [3.63, 3.8) is 0 Å². The molecule has 1 aromatic carbocycles. The van der Waals surface area contributed by atoms with Crippen molar-refractivity contribution in [1.29, 1.82) is 0 Å². The van der Waals surface area contributed by atoms with Gasteiger partial charge in [-0.3, -0.25) is 0 Å². The minimum atomic E-state index is -1.14. The van der Waals surface area contributed by atoms with Crippen LogP contribution in [0.1, 0.15) is 20.7 Å². The van der Waals surface area contributed by atoms with Gasteiger partial charge in [0.2, 0.25) is 0 Å². The molecule has 0 spiro atoms. The van der Waals surface area contributed by atoms with Gasteiger partial charge in [0.05, 0.1) is 16.8 Å². The standard InChI is InChI=1S/C13H10N2O4/c16-12(17)8-4-5-9(13(18)19)10(7-8)15-11-3-1-2-6-14-11/h1-7H,(H,14,15)(H,16,17)(H,18,19). The number of aromatic nitrogens is 1. The smallest absolute Gasteiger partial charge is 0.337 e. The van der Waals surface area contributed by atoms with Crippen LogP contribution in [0, 0.1) is 0 Å². The van der Waals surface area contributed by atoms with Gasteiger partial charge < -0.3 is 15.5 Å². The third-order valence-electron chi connectivity index (χ3n) is 2.42. The molecular weight excluding hydrogens is 248 g/mol. The monoisotopic (exact) mass is 258 g/mol. The SMILES string of the molecule is O=C(O)c1ccc(C(=O)O)c(Nc2ccccn2)c1. The predicted molar refractivity (Wildman–Crippen MR) is 67.9 cm³/mol. The number of carbonyl (C=O) groups is 2. The van der Waals surface area contributed by atoms with Gasteiger partial charge in [0.25, 0.3) is 0 Å². The molecular formula is C13H10N2O4. The minimum absolute atomic E-state index is 0.00318. The molecule has 1 heterocycles. The first-order chi connectivity index (χ1) is 9.08. The Kier molecular flexibility index (Phi) is 3.42. The summed E-state index contributed by atoms with van der Waals surface area (Å²) in [5, 5.41) is 20.8. The molecule has 3 N–H and O–H groups in total. The van der Waals surface area contributed by atoms with Crippen molar-refractivity contribution >= 4 is 23.4 Å². The first-order valence-electron chi connectivity index (χ1n) is 5.36. The molecule has 0 saturated heterocycles. The molecule has 6 heteroatoms. The number of nitrogens with zero attached hydrogens (tertiary/aromatic N) is 1. The molecule has 0 aliphatic carbocycles. The topological polar surface area (TPSA) is 99.5 Å². The molecule has 2 aromatic rings. The third-order valence-corrected chi connectivity index (χ3v) is 2.42. The average Bonchev–Trinajstić information content (AvgIpc) is 2.39. The van der Waals surface area contributed by atoms with Crippen LogP contribution < -0.4 is 5.32 Å². The summed E-state index contributed by atoms with van der Waals surface area (Å²) < 4.78 is 0. The van der Waals surface area contributed by atoms with E-state index in [1.165, 1.54) is 18.2 Å². The zero-order valence-corrected chi connectivity index (χ0v) is 9.70. The van der Waals surface area contributed by atoms with Gasteiger partial charge in [-0.25, -0.2) is 14.6 Å². The van der Waals surface area contributed by atoms with Gasteiger partial charge >= 0.3 is 11.9 Å². The molecule has 0 aliphatic rings. The van der Waals surface area contributed by atoms with Crippen molar-refractivity contribution in [2.24, 2.45) is 0 Å². The Bertz CT molecular complexity index is 626. The summed E-state index contributed by atoms with van der Waals surface area (Å²) in [5.41, 5.74) is 0.171. The van der Waals surface area contributed by atoms with Crippen LogP contribution >= 0.6 is 0 Å². The molecule has 0 radical (unpaired) electrons. The molecule has 96 valence electrons. The first kappa shape index (κ1) is 12.6. The maximum Gasteiger partial charge on any atom is 0.337 e. The molecule has 0 atom stereocenters. The van der Waals surface area contributed by atoms with E-state index in [0.717, 1.165) is 0 Å². The van der Waals surface area contributed by atoms with E-state index in [0.29, 0.717) is 5.82 Å². The van der Waals surface area contributed by atoms with Crippen molar-refractivity contribution in [2.75, 3.05) is 5.32 Å². The lowest BCUT2D eigenvalue weighted by molar-refractivity contribution is 0.0682. The van der Waals surface area contributed by atoms with Crippen molar-refractivity contribution in [2.45, 2.75) is 0 Å². The Hall–Kier alpha value is -2.89. The molecule has 1 aromatic heterocycles. The Labute approximate surface area is 108 Å². The van der Waals surface area contributed by atoms with E-state index >= 15 is 0 Å². The van der Waals surface area contributed by atoms with Gasteiger partial charge in [-0.2, -0.15) is 0 Å². The number of hydrogen-bond acceptors (Lipinski definition) is 4. The number of carboxylic acids is 2. The fourth-order valence-corrected chi connectivity index (χ4v) is 1.54. The quantitative estimate of drug-likeness (QED) is 0.777. The van der Waals surface area contributed by atoms with Gasteiger partial charge in [0.1, 0.15) is 5.82 Å². The van der Waals surface area contributed by atoms with E-state index in [1.54, 1.807) is 24.4 Å². The fraction of sp³-hybridized carbons (Fsp3) is 0. The van der Waals surface area contributed by atoms with Gasteiger partial charge in [-0.05, 0) is 30.3 Å². The largest absolute Gasteiger partial charge is 0.478 e. The van der Waals surface area contributed by atoms with Crippen LogP contribution in [0.4, 0.5) is 11.5 Å². The fourth-order valence-electron chi connectivity index (χ4n) is 1.54. The third kappa shape index (κ3) is 2.86. The number of nitrogens with one attached hydrogen (secondary N) is 1. The molecule has 0 amide bonds. The number of anilines is 2. The van der Waals surface area contributed by atoms with E-state index in [1.807, 2.05) is 0 Å². The van der Waals surface area contributed by atoms with Gasteiger partial charge in [0.15, 0.2) is 0 Å². The summed E-state index contributed by atoms with van der Waals surface area (Å²) in [6, 6.07) is 8.86. The molecule has 2 rings (SSSR count). The highest BCUT2D eigenvalue weighted by atomic mass is 16.4. The van der Waals surface area contributed by atoms with Crippen LogP contribution in [-0.2, 0) is 0 Å². The van der Waals surface area contributed by atoms with Crippen LogP contribution in [-0.4, -0.2) is 27.1 Å². The van der Waals surface area contributed by atoms with Crippen LogP contribution in [0.25, 0.3) is 0 Å². The number of hydrogen-bond donors (Lipinski definition) is 3. The summed E-state index contributed by atoms with van der Waals surface area (Å²) in [4.78, 5) is 26.0. The van der Waals surface area contributed by atoms with E-state index in [9.17, 15) is 9.59 Å². The highest BCUT2D eigenvalue weighted by Gasteiger charge is 2.13. The summed E-state index contributed by atoms with van der Waals surface area (Å²) >= 11 is 0. The lowest BCUT2D eigenvalue weighted by Crippen LogP contribution is -2.06. The second-order valence-electron chi connectivity index (χ2n) is 3.71. The summed E-state index contributed by atoms with van der Waals surface area (Å²) in [6.07, 6.45) is 1.55. The van der Waals surface area contributed by atoms with Crippen molar-refractivity contribution in [1.82, 2.24) is 4.98 Å². The van der Waals surface area contributed by atoms with Crippen LogP contribution in [0.2, 0.25) is 0 Å². The van der Waals surface area contributed by atoms with Crippen molar-refractivity contribution in [3.05, 3.63) is 53.7 Å². The number of pyridine rings is 1.